The highest BCUT2D eigenvalue weighted by molar-refractivity contribution is 6.19. The van der Waals surface area contributed by atoms with Crippen LogP contribution in [0.4, 0.5) is 0 Å². The first-order chi connectivity index (χ1) is 13.6. The van der Waals surface area contributed by atoms with Crippen LogP contribution in [0, 0.1) is 22.7 Å². The maximum absolute atomic E-state index is 13.5. The number of esters is 2. The van der Waals surface area contributed by atoms with Crippen LogP contribution in [0.25, 0.3) is 0 Å². The Kier molecular flexibility index (Phi) is 6.17. The van der Waals surface area contributed by atoms with Gasteiger partial charge in [-0.05, 0) is 48.5 Å². The van der Waals surface area contributed by atoms with Gasteiger partial charge in [-0.3, -0.25) is 9.59 Å². The first-order valence-electron chi connectivity index (χ1n) is 10.4. The minimum Gasteiger partial charge on any atom is -0.465 e. The van der Waals surface area contributed by atoms with E-state index in [4.69, 9.17) is 21.1 Å². The molecule has 29 heavy (non-hydrogen) atoms. The molecule has 2 aliphatic carbocycles. The van der Waals surface area contributed by atoms with Crippen LogP contribution in [0.5, 0.6) is 0 Å². The molecule has 7 heteroatoms. The molecule has 6 nitrogen and oxygen atoms in total. The molecule has 0 amide bonds. The summed E-state index contributed by atoms with van der Waals surface area (Å²) < 4.78 is 10.4. The number of carbonyl (C=O) groups excluding carboxylic acids is 3. The van der Waals surface area contributed by atoms with Gasteiger partial charge >= 0.3 is 11.9 Å². The first-order valence-corrected chi connectivity index (χ1v) is 10.9. The van der Waals surface area contributed by atoms with Crippen LogP contribution in [-0.4, -0.2) is 47.5 Å². The van der Waals surface area contributed by atoms with E-state index >= 15 is 0 Å². The number of alkyl halides is 1. The van der Waals surface area contributed by atoms with E-state index in [1.165, 1.54) is 6.92 Å². The summed E-state index contributed by atoms with van der Waals surface area (Å²) in [5.41, 5.74) is -1.93. The predicted octanol–water partition coefficient (Wildman–Crippen LogP) is 3.18. The number of carbonyl (C=O) groups is 3. The molecule has 1 aliphatic heterocycles. The SMILES string of the molecule is CC(=O)OC[C@@]12C(=O)C[C@@H](C)[C@](C)(CCC3=CC(=O)OC3)[C@H]1CCC[C@]2(O)CCl. The largest absolute Gasteiger partial charge is 0.465 e. The van der Waals surface area contributed by atoms with Crippen molar-refractivity contribution in [3.63, 3.8) is 0 Å². The van der Waals surface area contributed by atoms with E-state index in [0.717, 1.165) is 24.8 Å². The lowest BCUT2D eigenvalue weighted by molar-refractivity contribution is -0.214. The molecule has 0 saturated heterocycles. The number of aliphatic hydroxyl groups is 1. The van der Waals surface area contributed by atoms with Gasteiger partial charge in [-0.1, -0.05) is 20.3 Å². The summed E-state index contributed by atoms with van der Waals surface area (Å²) in [6.07, 6.45) is 5.25. The third-order valence-electron chi connectivity index (χ3n) is 7.85. The number of ether oxygens (including phenoxy) is 2. The third kappa shape index (κ3) is 3.63. The highest BCUT2D eigenvalue weighted by atomic mass is 35.5. The lowest BCUT2D eigenvalue weighted by Crippen LogP contribution is -2.69. The average molecular weight is 427 g/mol. The first kappa shape index (κ1) is 22.3. The van der Waals surface area contributed by atoms with Crippen LogP contribution in [-0.2, 0) is 23.9 Å². The molecule has 1 heterocycles. The molecule has 3 aliphatic rings. The Morgan fingerprint density at radius 3 is 2.72 bits per heavy atom. The minimum absolute atomic E-state index is 0.0600. The number of Topliss-reactive ketones (excluding diaryl/α,β-unsaturated/α-hetero) is 1. The summed E-state index contributed by atoms with van der Waals surface area (Å²) >= 11 is 6.23. The summed E-state index contributed by atoms with van der Waals surface area (Å²) in [6, 6.07) is 0. The molecule has 3 rings (SSSR count). The van der Waals surface area contributed by atoms with Gasteiger partial charge in [-0.25, -0.2) is 4.79 Å². The van der Waals surface area contributed by atoms with Crippen molar-refractivity contribution in [2.45, 2.75) is 64.9 Å². The summed E-state index contributed by atoms with van der Waals surface area (Å²) in [5, 5.41) is 11.5. The number of cyclic esters (lactones) is 1. The zero-order chi connectivity index (χ0) is 21.4. The molecule has 2 saturated carbocycles. The smallest absolute Gasteiger partial charge is 0.331 e. The maximum Gasteiger partial charge on any atom is 0.331 e. The predicted molar refractivity (Wildman–Crippen MR) is 107 cm³/mol. The van der Waals surface area contributed by atoms with Crippen molar-refractivity contribution in [1.82, 2.24) is 0 Å². The summed E-state index contributed by atoms with van der Waals surface area (Å²) in [5.74, 6) is -0.983. The summed E-state index contributed by atoms with van der Waals surface area (Å²) in [7, 11) is 0. The van der Waals surface area contributed by atoms with E-state index in [0.29, 0.717) is 25.9 Å². The fourth-order valence-corrected chi connectivity index (χ4v) is 6.27. The topological polar surface area (TPSA) is 89.9 Å². The standard InChI is InChI=1S/C22H31ClO6/c1-14-9-18(25)22(13-29-15(2)24)17(5-4-7-21(22,27)12-23)20(14,3)8-6-16-10-19(26)28-11-16/h10,14,17,27H,4-9,11-13H2,1-3H3/t14-,17-,20+,21+,22+/m1/s1. The zero-order valence-corrected chi connectivity index (χ0v) is 18.2. The summed E-state index contributed by atoms with van der Waals surface area (Å²) in [6.45, 7) is 5.73. The van der Waals surface area contributed by atoms with E-state index in [9.17, 15) is 19.5 Å². The molecular weight excluding hydrogens is 396 g/mol. The summed E-state index contributed by atoms with van der Waals surface area (Å²) in [4.78, 5) is 36.5. The van der Waals surface area contributed by atoms with Gasteiger partial charge in [-0.2, -0.15) is 0 Å². The van der Waals surface area contributed by atoms with Crippen molar-refractivity contribution in [3.05, 3.63) is 11.6 Å². The normalized spacial score (nSPS) is 39.6. The minimum atomic E-state index is -1.41. The molecule has 0 radical (unpaired) electrons. The highest BCUT2D eigenvalue weighted by Crippen LogP contribution is 2.63. The number of hydrogen-bond acceptors (Lipinski definition) is 6. The monoisotopic (exact) mass is 426 g/mol. The van der Waals surface area contributed by atoms with Crippen molar-refractivity contribution in [1.29, 1.82) is 0 Å². The molecule has 0 unspecified atom stereocenters. The lowest BCUT2D eigenvalue weighted by atomic mass is 9.42. The van der Waals surface area contributed by atoms with Crippen molar-refractivity contribution in [2.24, 2.45) is 22.7 Å². The van der Waals surface area contributed by atoms with Crippen LogP contribution in [0.3, 0.4) is 0 Å². The van der Waals surface area contributed by atoms with Crippen molar-refractivity contribution in [2.75, 3.05) is 19.1 Å². The van der Waals surface area contributed by atoms with Crippen LogP contribution in [0.1, 0.15) is 59.3 Å². The fraction of sp³-hybridized carbons (Fsp3) is 0.773. The molecule has 2 fully saturated rings. The molecule has 1 N–H and O–H groups in total. The van der Waals surface area contributed by atoms with Crippen LogP contribution in [0.2, 0.25) is 0 Å². The van der Waals surface area contributed by atoms with Gasteiger partial charge in [0.2, 0.25) is 0 Å². The van der Waals surface area contributed by atoms with E-state index < -0.39 is 17.0 Å². The maximum atomic E-state index is 13.5. The molecule has 0 aromatic carbocycles. The third-order valence-corrected chi connectivity index (χ3v) is 8.29. The van der Waals surface area contributed by atoms with Gasteiger partial charge in [0.1, 0.15) is 19.0 Å². The Morgan fingerprint density at radius 2 is 2.14 bits per heavy atom. The Morgan fingerprint density at radius 1 is 1.41 bits per heavy atom. The fourth-order valence-electron chi connectivity index (χ4n) is 5.90. The van der Waals surface area contributed by atoms with Gasteiger partial charge in [-0.15, -0.1) is 11.6 Å². The van der Waals surface area contributed by atoms with Gasteiger partial charge in [0.25, 0.3) is 0 Å². The molecule has 0 spiro atoms. The van der Waals surface area contributed by atoms with Crippen molar-refractivity contribution in [3.8, 4) is 0 Å². The van der Waals surface area contributed by atoms with E-state index in [-0.39, 0.29) is 41.5 Å². The molecular formula is C22H31ClO6. The Balaban J connectivity index is 1.99. The number of ketones is 1. The lowest BCUT2D eigenvalue weighted by Gasteiger charge is -2.62. The van der Waals surface area contributed by atoms with E-state index in [1.54, 1.807) is 6.08 Å². The van der Waals surface area contributed by atoms with Crippen molar-refractivity contribution < 1.29 is 29.0 Å². The van der Waals surface area contributed by atoms with Gasteiger partial charge in [0, 0.05) is 19.4 Å². The van der Waals surface area contributed by atoms with Crippen LogP contribution in [0.15, 0.2) is 11.6 Å². The van der Waals surface area contributed by atoms with E-state index in [1.807, 2.05) is 0 Å². The molecule has 5 atom stereocenters. The average Bonchev–Trinajstić information content (AvgIpc) is 3.09. The molecule has 0 aromatic rings. The van der Waals surface area contributed by atoms with Crippen molar-refractivity contribution >= 4 is 29.3 Å². The van der Waals surface area contributed by atoms with Crippen LogP contribution >= 0.6 is 11.6 Å². The number of fused-ring (bicyclic) bond motifs is 1. The quantitative estimate of drug-likeness (QED) is 0.518. The number of halogens is 1. The number of hydrogen-bond donors (Lipinski definition) is 1. The Hall–Kier alpha value is -1.40. The molecule has 162 valence electrons. The van der Waals surface area contributed by atoms with Gasteiger partial charge in [0.05, 0.1) is 16.9 Å². The van der Waals surface area contributed by atoms with Crippen LogP contribution < -0.4 is 0 Å². The molecule has 0 aromatic heterocycles. The Bertz CT molecular complexity index is 733. The molecule has 0 bridgehead atoms. The Labute approximate surface area is 177 Å². The second kappa shape index (κ2) is 8.03. The highest BCUT2D eigenvalue weighted by Gasteiger charge is 2.68. The van der Waals surface area contributed by atoms with Gasteiger partial charge < -0.3 is 14.6 Å². The van der Waals surface area contributed by atoms with E-state index in [2.05, 4.69) is 13.8 Å². The van der Waals surface area contributed by atoms with Gasteiger partial charge in [0.15, 0.2) is 0 Å². The second-order valence-corrected chi connectivity index (χ2v) is 9.57. The number of rotatable bonds is 6. The second-order valence-electron chi connectivity index (χ2n) is 9.31. The zero-order valence-electron chi connectivity index (χ0n) is 17.5.